The zero-order valence-electron chi connectivity index (χ0n) is 13.0. The highest BCUT2D eigenvalue weighted by Crippen LogP contribution is 2.44. The van der Waals surface area contributed by atoms with Gasteiger partial charge in [0.05, 0.1) is 13.5 Å². The Morgan fingerprint density at radius 1 is 1.19 bits per heavy atom. The number of ether oxygens (including phenoxy) is 1. The summed E-state index contributed by atoms with van der Waals surface area (Å²) in [5.41, 5.74) is -0.465. The molecule has 6 nitrogen and oxygen atoms in total. The van der Waals surface area contributed by atoms with E-state index >= 15 is 0 Å². The number of amides is 1. The number of esters is 1. The van der Waals surface area contributed by atoms with Crippen LogP contribution in [-0.2, 0) is 19.1 Å². The summed E-state index contributed by atoms with van der Waals surface area (Å²) in [5, 5.41) is 11.7. The summed E-state index contributed by atoms with van der Waals surface area (Å²) in [7, 11) is 1.28. The molecule has 0 aromatic rings. The summed E-state index contributed by atoms with van der Waals surface area (Å²) in [6.45, 7) is 3.65. The molecule has 1 aliphatic carbocycles. The third-order valence-corrected chi connectivity index (χ3v) is 4.16. The van der Waals surface area contributed by atoms with Crippen LogP contribution in [0.15, 0.2) is 0 Å². The lowest BCUT2D eigenvalue weighted by molar-refractivity contribution is -0.147. The van der Waals surface area contributed by atoms with E-state index in [2.05, 4.69) is 10.1 Å². The second-order valence-electron chi connectivity index (χ2n) is 6.27. The second kappa shape index (κ2) is 7.43. The summed E-state index contributed by atoms with van der Waals surface area (Å²) < 4.78 is 4.69. The summed E-state index contributed by atoms with van der Waals surface area (Å²) in [5.74, 6) is -1.71. The monoisotopic (exact) mass is 299 g/mol. The number of carboxylic acid groups (broad SMARTS) is 1. The van der Waals surface area contributed by atoms with Crippen molar-refractivity contribution in [2.45, 2.75) is 58.4 Å². The van der Waals surface area contributed by atoms with Gasteiger partial charge in [-0.2, -0.15) is 0 Å². The van der Waals surface area contributed by atoms with Crippen LogP contribution in [0.2, 0.25) is 0 Å². The van der Waals surface area contributed by atoms with Crippen LogP contribution in [0.1, 0.15) is 52.4 Å². The summed E-state index contributed by atoms with van der Waals surface area (Å²) in [6, 6.07) is -0.689. The van der Waals surface area contributed by atoms with E-state index in [1.807, 2.05) is 13.8 Å². The molecule has 0 aliphatic heterocycles. The Labute approximate surface area is 125 Å². The van der Waals surface area contributed by atoms with Crippen molar-refractivity contribution >= 4 is 17.8 Å². The molecule has 0 heterocycles. The maximum atomic E-state index is 12.2. The van der Waals surface area contributed by atoms with Crippen molar-refractivity contribution in [2.24, 2.45) is 11.3 Å². The van der Waals surface area contributed by atoms with E-state index in [0.29, 0.717) is 0 Å². The molecule has 1 fully saturated rings. The van der Waals surface area contributed by atoms with Crippen LogP contribution in [0.5, 0.6) is 0 Å². The smallest absolute Gasteiger partial charge is 0.328 e. The van der Waals surface area contributed by atoms with E-state index in [0.717, 1.165) is 25.7 Å². The highest BCUT2D eigenvalue weighted by Gasteiger charge is 2.39. The lowest BCUT2D eigenvalue weighted by atomic mass is 9.79. The molecule has 0 spiro atoms. The van der Waals surface area contributed by atoms with Crippen molar-refractivity contribution in [1.82, 2.24) is 5.32 Å². The molecule has 0 aromatic carbocycles. The van der Waals surface area contributed by atoms with Crippen molar-refractivity contribution in [3.63, 3.8) is 0 Å². The van der Waals surface area contributed by atoms with Gasteiger partial charge in [0.15, 0.2) is 0 Å². The largest absolute Gasteiger partial charge is 0.481 e. The summed E-state index contributed by atoms with van der Waals surface area (Å²) >= 11 is 0. The minimum absolute atomic E-state index is 0.00495. The number of methoxy groups -OCH3 is 1. The third kappa shape index (κ3) is 5.02. The first kappa shape index (κ1) is 17.5. The van der Waals surface area contributed by atoms with E-state index in [-0.39, 0.29) is 24.7 Å². The topological polar surface area (TPSA) is 92.7 Å². The van der Waals surface area contributed by atoms with Crippen molar-refractivity contribution in [3.8, 4) is 0 Å². The van der Waals surface area contributed by atoms with Gasteiger partial charge in [0.2, 0.25) is 5.91 Å². The molecule has 1 atom stereocenters. The molecule has 2 N–H and O–H groups in total. The molecule has 1 saturated carbocycles. The van der Waals surface area contributed by atoms with Gasteiger partial charge in [-0.3, -0.25) is 9.59 Å². The average molecular weight is 299 g/mol. The number of aliphatic carboxylic acids is 1. The van der Waals surface area contributed by atoms with Gasteiger partial charge in [0.1, 0.15) is 6.04 Å². The molecule has 0 unspecified atom stereocenters. The van der Waals surface area contributed by atoms with Crippen LogP contribution >= 0.6 is 0 Å². The molecule has 120 valence electrons. The minimum atomic E-state index is -0.877. The number of hydrogen-bond donors (Lipinski definition) is 2. The first-order valence-electron chi connectivity index (χ1n) is 7.39. The second-order valence-corrected chi connectivity index (χ2v) is 6.27. The molecule has 6 heteroatoms. The lowest BCUT2D eigenvalue weighted by Gasteiger charge is -2.28. The third-order valence-electron chi connectivity index (χ3n) is 4.16. The minimum Gasteiger partial charge on any atom is -0.481 e. The fraction of sp³-hybridized carbons (Fsp3) is 0.800. The Bertz CT molecular complexity index is 399. The number of rotatable bonds is 7. The van der Waals surface area contributed by atoms with Gasteiger partial charge in [-0.05, 0) is 24.2 Å². The Hall–Kier alpha value is -1.59. The highest BCUT2D eigenvalue weighted by atomic mass is 16.5. The molecule has 0 bridgehead atoms. The van der Waals surface area contributed by atoms with Gasteiger partial charge in [-0.25, -0.2) is 4.79 Å². The number of carbonyl (C=O) groups excluding carboxylic acids is 2. The van der Waals surface area contributed by atoms with Gasteiger partial charge in [0.25, 0.3) is 0 Å². The SMILES string of the molecule is COC(=O)[C@@H](NC(=O)CC1(CC(=O)O)CCCC1)C(C)C. The van der Waals surface area contributed by atoms with E-state index in [1.165, 1.54) is 7.11 Å². The Morgan fingerprint density at radius 3 is 2.19 bits per heavy atom. The van der Waals surface area contributed by atoms with E-state index < -0.39 is 23.4 Å². The maximum Gasteiger partial charge on any atom is 0.328 e. The number of nitrogens with one attached hydrogen (secondary N) is 1. The van der Waals surface area contributed by atoms with Crippen molar-refractivity contribution in [1.29, 1.82) is 0 Å². The molecule has 0 saturated heterocycles. The molecule has 0 radical (unpaired) electrons. The maximum absolute atomic E-state index is 12.2. The van der Waals surface area contributed by atoms with Crippen LogP contribution < -0.4 is 5.32 Å². The van der Waals surface area contributed by atoms with Crippen molar-refractivity contribution < 1.29 is 24.2 Å². The predicted octanol–water partition coefficient (Wildman–Crippen LogP) is 1.73. The highest BCUT2D eigenvalue weighted by molar-refractivity contribution is 5.85. The molecular formula is C15H25NO5. The fourth-order valence-corrected chi connectivity index (χ4v) is 3.05. The molecule has 21 heavy (non-hydrogen) atoms. The molecule has 1 amide bonds. The van der Waals surface area contributed by atoms with Crippen molar-refractivity contribution in [3.05, 3.63) is 0 Å². The number of hydrogen-bond acceptors (Lipinski definition) is 4. The van der Waals surface area contributed by atoms with Gasteiger partial charge in [-0.1, -0.05) is 26.7 Å². The zero-order chi connectivity index (χ0) is 16.0. The fourth-order valence-electron chi connectivity index (χ4n) is 3.05. The first-order valence-corrected chi connectivity index (χ1v) is 7.39. The first-order chi connectivity index (χ1) is 9.79. The van der Waals surface area contributed by atoms with Crippen molar-refractivity contribution in [2.75, 3.05) is 7.11 Å². The summed E-state index contributed by atoms with van der Waals surface area (Å²) in [6.07, 6.45) is 3.55. The van der Waals surface area contributed by atoms with E-state index in [4.69, 9.17) is 5.11 Å². The molecule has 1 aliphatic rings. The van der Waals surface area contributed by atoms with Crippen LogP contribution in [0.3, 0.4) is 0 Å². The normalized spacial score (nSPS) is 18.3. The Kier molecular flexibility index (Phi) is 6.18. The average Bonchev–Trinajstić information content (AvgIpc) is 2.81. The quantitative estimate of drug-likeness (QED) is 0.698. The van der Waals surface area contributed by atoms with Gasteiger partial charge >= 0.3 is 11.9 Å². The van der Waals surface area contributed by atoms with Gasteiger partial charge < -0.3 is 15.2 Å². The summed E-state index contributed by atoms with van der Waals surface area (Å²) in [4.78, 5) is 34.9. The van der Waals surface area contributed by atoms with Crippen LogP contribution in [0.25, 0.3) is 0 Å². The number of carbonyl (C=O) groups is 3. The van der Waals surface area contributed by atoms with Gasteiger partial charge in [-0.15, -0.1) is 0 Å². The Morgan fingerprint density at radius 2 is 1.76 bits per heavy atom. The van der Waals surface area contributed by atoms with E-state index in [9.17, 15) is 14.4 Å². The van der Waals surface area contributed by atoms with Crippen LogP contribution in [0, 0.1) is 11.3 Å². The molecule has 0 aromatic heterocycles. The molecular weight excluding hydrogens is 274 g/mol. The van der Waals surface area contributed by atoms with Crippen LogP contribution in [0.4, 0.5) is 0 Å². The lowest BCUT2D eigenvalue weighted by Crippen LogP contribution is -2.46. The van der Waals surface area contributed by atoms with Crippen LogP contribution in [-0.4, -0.2) is 36.1 Å². The number of carboxylic acids is 1. The Balaban J connectivity index is 2.69. The zero-order valence-corrected chi connectivity index (χ0v) is 13.0. The van der Waals surface area contributed by atoms with E-state index in [1.54, 1.807) is 0 Å². The predicted molar refractivity (Wildman–Crippen MR) is 76.6 cm³/mol. The molecule has 1 rings (SSSR count). The van der Waals surface area contributed by atoms with Gasteiger partial charge in [0, 0.05) is 6.42 Å². The standard InChI is InChI=1S/C15H25NO5/c1-10(2)13(14(20)21-3)16-11(17)8-15(9-12(18)19)6-4-5-7-15/h10,13H,4-9H2,1-3H3,(H,16,17)(H,18,19)/t13-/m0/s1.